The second-order valence-electron chi connectivity index (χ2n) is 9.85. The van der Waals surface area contributed by atoms with Gasteiger partial charge < -0.3 is 37.9 Å². The van der Waals surface area contributed by atoms with Crippen LogP contribution in [0.4, 0.5) is 4.79 Å². The fourth-order valence-corrected chi connectivity index (χ4v) is 5.25. The topological polar surface area (TPSA) is 111 Å². The van der Waals surface area contributed by atoms with Crippen molar-refractivity contribution >= 4 is 12.0 Å². The van der Waals surface area contributed by atoms with Gasteiger partial charge in [0.25, 0.3) is 0 Å². The van der Waals surface area contributed by atoms with Gasteiger partial charge in [0.15, 0.2) is 30.3 Å². The van der Waals surface area contributed by atoms with E-state index in [2.05, 4.69) is 0 Å². The normalized spacial score (nSPS) is 46.4. The predicted molar refractivity (Wildman–Crippen MR) is 104 cm³/mol. The van der Waals surface area contributed by atoms with Crippen molar-refractivity contribution in [3.63, 3.8) is 0 Å². The molecule has 0 N–H and O–H groups in total. The van der Waals surface area contributed by atoms with Gasteiger partial charge in [-0.2, -0.15) is 0 Å². The minimum atomic E-state index is -0.798. The molecule has 5 saturated heterocycles. The van der Waals surface area contributed by atoms with Crippen LogP contribution in [0, 0.1) is 0 Å². The Balaban J connectivity index is 1.27. The molecule has 0 aromatic heterocycles. The summed E-state index contributed by atoms with van der Waals surface area (Å²) in [5.74, 6) is -1.96. The van der Waals surface area contributed by atoms with Gasteiger partial charge in [0.2, 0.25) is 5.91 Å². The molecule has 180 valence electrons. The highest BCUT2D eigenvalue weighted by molar-refractivity contribution is 5.92. The lowest BCUT2D eigenvalue weighted by molar-refractivity contribution is -0.270. The molecule has 0 spiro atoms. The highest BCUT2D eigenvalue weighted by atomic mass is 16.9. The van der Waals surface area contributed by atoms with Gasteiger partial charge >= 0.3 is 6.09 Å². The number of imide groups is 1. The summed E-state index contributed by atoms with van der Waals surface area (Å²) in [7, 11) is 0. The van der Waals surface area contributed by atoms with Crippen LogP contribution in [0.1, 0.15) is 48.0 Å². The average molecular weight is 457 g/mol. The lowest BCUT2D eigenvalue weighted by Crippen LogP contribution is -2.57. The third-order valence-electron chi connectivity index (χ3n) is 6.44. The van der Waals surface area contributed by atoms with Crippen LogP contribution in [0.3, 0.4) is 0 Å². The molecular weight excluding hydrogens is 426 g/mol. The number of rotatable bonds is 3. The molecular formula is C21H31NO10. The third-order valence-corrected chi connectivity index (χ3v) is 6.44. The molecule has 11 nitrogen and oxygen atoms in total. The van der Waals surface area contributed by atoms with Gasteiger partial charge in [-0.3, -0.25) is 4.79 Å². The van der Waals surface area contributed by atoms with Gasteiger partial charge in [-0.25, -0.2) is 9.69 Å². The minimum absolute atomic E-state index is 0.150. The number of nitrogens with zero attached hydrogens (tertiary/aromatic N) is 1. The van der Waals surface area contributed by atoms with Crippen molar-refractivity contribution in [1.29, 1.82) is 0 Å². The van der Waals surface area contributed by atoms with Crippen molar-refractivity contribution < 1.29 is 47.5 Å². The van der Waals surface area contributed by atoms with Crippen molar-refractivity contribution in [3.05, 3.63) is 0 Å². The Labute approximate surface area is 186 Å². The molecule has 5 fully saturated rings. The first kappa shape index (κ1) is 22.5. The Morgan fingerprint density at radius 2 is 1.66 bits per heavy atom. The average Bonchev–Trinajstić information content (AvgIpc) is 3.28. The number of hydrogen-bond donors (Lipinski definition) is 0. The number of fused-ring (bicyclic) bond motifs is 4. The molecule has 0 unspecified atom stereocenters. The summed E-state index contributed by atoms with van der Waals surface area (Å²) in [6.45, 7) is 10.6. The smallest absolute Gasteiger partial charge is 0.417 e. The number of amides is 2. The summed E-state index contributed by atoms with van der Waals surface area (Å²) in [6.07, 6.45) is -4.21. The fraction of sp³-hybridized carbons (Fsp3) is 0.905. The lowest BCUT2D eigenvalue weighted by Gasteiger charge is -2.39. The maximum Gasteiger partial charge on any atom is 0.417 e. The molecule has 2 amide bonds. The zero-order valence-corrected chi connectivity index (χ0v) is 19.1. The highest BCUT2D eigenvalue weighted by Crippen LogP contribution is 2.44. The van der Waals surface area contributed by atoms with Crippen LogP contribution >= 0.6 is 0 Å². The van der Waals surface area contributed by atoms with E-state index < -0.39 is 66.8 Å². The zero-order valence-electron chi connectivity index (χ0n) is 19.1. The maximum atomic E-state index is 12.1. The molecule has 0 bridgehead atoms. The molecule has 5 heterocycles. The molecule has 5 rings (SSSR count). The Kier molecular flexibility index (Phi) is 5.32. The van der Waals surface area contributed by atoms with Gasteiger partial charge in [0.1, 0.15) is 24.4 Å². The Bertz CT molecular complexity index is 787. The SMILES string of the molecule is CC(=O)N1C(=O)O[C@@H]2[C@H](C)O[C@@H](OC[C@H]3O[C@@H]4OC(C)(C)O[C@@H]4[C@H]4OC(C)(C)O[C@H]43)C[C@@H]21. The molecule has 32 heavy (non-hydrogen) atoms. The summed E-state index contributed by atoms with van der Waals surface area (Å²) < 4.78 is 47.6. The van der Waals surface area contributed by atoms with Crippen LogP contribution in [0.5, 0.6) is 0 Å². The number of carbonyl (C=O) groups is 2. The van der Waals surface area contributed by atoms with Crippen molar-refractivity contribution in [1.82, 2.24) is 4.90 Å². The summed E-state index contributed by atoms with van der Waals surface area (Å²) in [5.41, 5.74) is 0. The van der Waals surface area contributed by atoms with Gasteiger partial charge in [0, 0.05) is 13.3 Å². The van der Waals surface area contributed by atoms with Crippen LogP contribution in [0.2, 0.25) is 0 Å². The molecule has 0 saturated carbocycles. The molecule has 11 heteroatoms. The summed E-state index contributed by atoms with van der Waals surface area (Å²) in [6, 6.07) is -0.435. The number of hydrogen-bond acceptors (Lipinski definition) is 10. The van der Waals surface area contributed by atoms with E-state index in [-0.39, 0.29) is 18.6 Å². The van der Waals surface area contributed by atoms with E-state index in [0.717, 1.165) is 4.90 Å². The summed E-state index contributed by atoms with van der Waals surface area (Å²) in [4.78, 5) is 25.2. The summed E-state index contributed by atoms with van der Waals surface area (Å²) in [5, 5.41) is 0. The fourth-order valence-electron chi connectivity index (χ4n) is 5.25. The number of carbonyl (C=O) groups excluding carboxylic acids is 2. The summed E-state index contributed by atoms with van der Waals surface area (Å²) >= 11 is 0. The zero-order chi connectivity index (χ0) is 23.0. The quantitative estimate of drug-likeness (QED) is 0.614. The Morgan fingerprint density at radius 1 is 1.00 bits per heavy atom. The Hall–Kier alpha value is -1.34. The first-order chi connectivity index (χ1) is 14.9. The molecule has 0 radical (unpaired) electrons. The third kappa shape index (κ3) is 3.83. The van der Waals surface area contributed by atoms with Gasteiger partial charge in [-0.1, -0.05) is 0 Å². The van der Waals surface area contributed by atoms with E-state index in [0.29, 0.717) is 6.42 Å². The van der Waals surface area contributed by atoms with E-state index in [1.807, 2.05) is 27.7 Å². The van der Waals surface area contributed by atoms with Crippen LogP contribution < -0.4 is 0 Å². The lowest BCUT2D eigenvalue weighted by atomic mass is 9.98. The molecule has 5 aliphatic rings. The maximum absolute atomic E-state index is 12.1. The second kappa shape index (κ2) is 7.59. The van der Waals surface area contributed by atoms with E-state index in [9.17, 15) is 9.59 Å². The van der Waals surface area contributed by atoms with E-state index in [1.54, 1.807) is 6.92 Å². The van der Waals surface area contributed by atoms with Crippen LogP contribution in [0.25, 0.3) is 0 Å². The van der Waals surface area contributed by atoms with Crippen LogP contribution in [0.15, 0.2) is 0 Å². The monoisotopic (exact) mass is 457 g/mol. The van der Waals surface area contributed by atoms with E-state index >= 15 is 0 Å². The number of ether oxygens (including phenoxy) is 8. The highest BCUT2D eigenvalue weighted by Gasteiger charge is 2.61. The molecule has 0 aromatic carbocycles. The van der Waals surface area contributed by atoms with Crippen molar-refractivity contribution in [2.24, 2.45) is 0 Å². The van der Waals surface area contributed by atoms with Crippen molar-refractivity contribution in [2.75, 3.05) is 6.61 Å². The minimum Gasteiger partial charge on any atom is -0.441 e. The van der Waals surface area contributed by atoms with Gasteiger partial charge in [0.05, 0.1) is 18.8 Å². The van der Waals surface area contributed by atoms with E-state index in [4.69, 9.17) is 37.9 Å². The molecule has 9 atom stereocenters. The Morgan fingerprint density at radius 3 is 2.38 bits per heavy atom. The van der Waals surface area contributed by atoms with Crippen LogP contribution in [-0.4, -0.2) is 90.3 Å². The molecule has 0 aliphatic carbocycles. The predicted octanol–water partition coefficient (Wildman–Crippen LogP) is 1.27. The molecule has 0 aromatic rings. The second-order valence-corrected chi connectivity index (χ2v) is 9.85. The van der Waals surface area contributed by atoms with Crippen molar-refractivity contribution in [3.8, 4) is 0 Å². The van der Waals surface area contributed by atoms with E-state index in [1.165, 1.54) is 6.92 Å². The largest absolute Gasteiger partial charge is 0.441 e. The standard InChI is InChI=1S/C21H31NO10/c1-9-14-11(22(10(2)23)19(24)28-14)7-13(26-9)25-8-12-15-16(30-20(3,4)29-15)17-18(27-12)32-21(5,6)31-17/h9,11-18H,7-8H2,1-6H3/t9-,11-,12+,13+,14+,15-,16-,17+,18+/m0/s1. The van der Waals surface area contributed by atoms with Crippen molar-refractivity contribution in [2.45, 2.75) is 115 Å². The first-order valence-electron chi connectivity index (χ1n) is 11.1. The van der Waals surface area contributed by atoms with Gasteiger partial charge in [-0.05, 0) is 34.6 Å². The first-order valence-corrected chi connectivity index (χ1v) is 11.1. The van der Waals surface area contributed by atoms with Gasteiger partial charge in [-0.15, -0.1) is 0 Å². The van der Waals surface area contributed by atoms with Crippen LogP contribution in [-0.2, 0) is 42.7 Å². The molecule has 5 aliphatic heterocycles.